The highest BCUT2D eigenvalue weighted by atomic mass is 32.2. The lowest BCUT2D eigenvalue weighted by molar-refractivity contribution is 0.877. The Morgan fingerprint density at radius 3 is 1.67 bits per heavy atom. The molecule has 0 N–H and O–H groups in total. The van der Waals surface area contributed by atoms with E-state index >= 15 is 0 Å². The summed E-state index contributed by atoms with van der Waals surface area (Å²) in [7, 11) is 0. The highest BCUT2D eigenvalue weighted by Crippen LogP contribution is 1.92. The van der Waals surface area contributed by atoms with E-state index in [1.54, 1.807) is 11.8 Å². The van der Waals surface area contributed by atoms with E-state index in [4.69, 9.17) is 0 Å². The molecule has 0 fully saturated rings. The van der Waals surface area contributed by atoms with Gasteiger partial charge >= 0.3 is 0 Å². The first-order valence-electron chi connectivity index (χ1n) is 4.05. The SMILES string of the molecule is CCCC[SH+]CCCC. The van der Waals surface area contributed by atoms with Crippen LogP contribution in [0.15, 0.2) is 0 Å². The number of thiol groups is 1. The lowest BCUT2D eigenvalue weighted by atomic mass is 10.4. The molecule has 0 aromatic heterocycles. The van der Waals surface area contributed by atoms with E-state index < -0.39 is 0 Å². The van der Waals surface area contributed by atoms with Gasteiger partial charge in [-0.15, -0.1) is 0 Å². The van der Waals surface area contributed by atoms with Crippen molar-refractivity contribution in [3.63, 3.8) is 0 Å². The van der Waals surface area contributed by atoms with Gasteiger partial charge in [-0.3, -0.25) is 0 Å². The molecule has 0 unspecified atom stereocenters. The third kappa shape index (κ3) is 8.35. The van der Waals surface area contributed by atoms with E-state index in [1.807, 2.05) is 0 Å². The molecule has 0 atom stereocenters. The number of rotatable bonds is 6. The molecule has 0 aliphatic rings. The van der Waals surface area contributed by atoms with Gasteiger partial charge in [0.05, 0.1) is 0 Å². The summed E-state index contributed by atoms with van der Waals surface area (Å²) in [6, 6.07) is 0. The van der Waals surface area contributed by atoms with Gasteiger partial charge in [-0.2, -0.15) is 0 Å². The van der Waals surface area contributed by atoms with Crippen molar-refractivity contribution in [1.82, 2.24) is 0 Å². The van der Waals surface area contributed by atoms with E-state index in [0.29, 0.717) is 0 Å². The molecular weight excluding hydrogens is 128 g/mol. The van der Waals surface area contributed by atoms with Crippen molar-refractivity contribution in [2.45, 2.75) is 39.5 Å². The summed E-state index contributed by atoms with van der Waals surface area (Å²) < 4.78 is 0. The van der Waals surface area contributed by atoms with Gasteiger partial charge in [0.1, 0.15) is 11.5 Å². The van der Waals surface area contributed by atoms with E-state index in [1.165, 1.54) is 37.2 Å². The molecule has 0 saturated carbocycles. The Hall–Kier alpha value is 0.350. The van der Waals surface area contributed by atoms with E-state index in [9.17, 15) is 0 Å². The first kappa shape index (κ1) is 9.35. The van der Waals surface area contributed by atoms with Crippen molar-refractivity contribution in [1.29, 1.82) is 0 Å². The summed E-state index contributed by atoms with van der Waals surface area (Å²) in [5, 5.41) is 0. The van der Waals surface area contributed by atoms with Crippen LogP contribution in [0.4, 0.5) is 0 Å². The fraction of sp³-hybridized carbons (Fsp3) is 1.00. The van der Waals surface area contributed by atoms with Gasteiger partial charge < -0.3 is 0 Å². The second-order valence-corrected chi connectivity index (χ2v) is 3.72. The maximum Gasteiger partial charge on any atom is 0.105 e. The highest BCUT2D eigenvalue weighted by Gasteiger charge is 1.93. The maximum atomic E-state index is 2.26. The van der Waals surface area contributed by atoms with Crippen LogP contribution >= 0.6 is 0 Å². The van der Waals surface area contributed by atoms with Crippen LogP contribution in [-0.4, -0.2) is 11.5 Å². The van der Waals surface area contributed by atoms with Crippen LogP contribution in [-0.2, 0) is 11.8 Å². The zero-order chi connectivity index (χ0) is 6.95. The molecule has 0 radical (unpaired) electrons. The van der Waals surface area contributed by atoms with Gasteiger partial charge in [0.2, 0.25) is 0 Å². The van der Waals surface area contributed by atoms with Gasteiger partial charge in [0.15, 0.2) is 0 Å². The topological polar surface area (TPSA) is 0 Å². The quantitative estimate of drug-likeness (QED) is 0.307. The van der Waals surface area contributed by atoms with E-state index in [2.05, 4.69) is 13.8 Å². The average molecular weight is 147 g/mol. The van der Waals surface area contributed by atoms with Crippen LogP contribution in [0.1, 0.15) is 39.5 Å². The van der Waals surface area contributed by atoms with Crippen molar-refractivity contribution in [3.8, 4) is 0 Å². The molecule has 0 aliphatic heterocycles. The molecule has 0 aromatic carbocycles. The third-order valence-electron chi connectivity index (χ3n) is 1.34. The molecule has 0 aromatic rings. The Kier molecular flexibility index (Phi) is 8.67. The highest BCUT2D eigenvalue weighted by molar-refractivity contribution is 7.78. The van der Waals surface area contributed by atoms with Gasteiger partial charge in [-0.05, 0) is 24.6 Å². The van der Waals surface area contributed by atoms with Crippen molar-refractivity contribution in [3.05, 3.63) is 0 Å². The normalized spacial score (nSPS) is 10.0. The third-order valence-corrected chi connectivity index (χ3v) is 2.60. The fourth-order valence-electron chi connectivity index (χ4n) is 0.652. The van der Waals surface area contributed by atoms with Crippen LogP contribution in [0.5, 0.6) is 0 Å². The zero-order valence-electron chi connectivity index (χ0n) is 6.69. The first-order valence-corrected chi connectivity index (χ1v) is 5.31. The smallest absolute Gasteiger partial charge is 0.0652 e. The molecule has 56 valence electrons. The van der Waals surface area contributed by atoms with Crippen LogP contribution in [0.3, 0.4) is 0 Å². The summed E-state index contributed by atoms with van der Waals surface area (Å²) in [5.74, 6) is 2.85. The molecule has 1 heteroatoms. The minimum atomic E-state index is 1.36. The summed E-state index contributed by atoms with van der Waals surface area (Å²) in [4.78, 5) is 0. The van der Waals surface area contributed by atoms with E-state index in [0.717, 1.165) is 0 Å². The van der Waals surface area contributed by atoms with Crippen molar-refractivity contribution < 1.29 is 0 Å². The second-order valence-electron chi connectivity index (χ2n) is 2.38. The Labute approximate surface area is 63.4 Å². The maximum absolute atomic E-state index is 2.26. The predicted molar refractivity (Wildman–Crippen MR) is 48.3 cm³/mol. The Morgan fingerprint density at radius 1 is 0.889 bits per heavy atom. The molecule has 0 spiro atoms. The molecule has 0 aliphatic carbocycles. The van der Waals surface area contributed by atoms with Crippen molar-refractivity contribution in [2.24, 2.45) is 0 Å². The van der Waals surface area contributed by atoms with Crippen molar-refractivity contribution >= 4 is 11.8 Å². The Balaban J connectivity index is 2.60. The Bertz CT molecular complexity index is 37.8. The van der Waals surface area contributed by atoms with Gasteiger partial charge in [-0.1, -0.05) is 26.7 Å². The van der Waals surface area contributed by atoms with Gasteiger partial charge in [-0.25, -0.2) is 0 Å². The van der Waals surface area contributed by atoms with Crippen LogP contribution in [0.25, 0.3) is 0 Å². The lowest BCUT2D eigenvalue weighted by Crippen LogP contribution is -1.93. The molecule has 0 rings (SSSR count). The number of hydrogen-bond acceptors (Lipinski definition) is 0. The number of unbranched alkanes of at least 4 members (excludes halogenated alkanes) is 2. The second kappa shape index (κ2) is 8.35. The fourth-order valence-corrected chi connectivity index (χ4v) is 1.95. The average Bonchev–Trinajstić information content (AvgIpc) is 1.89. The monoisotopic (exact) mass is 147 g/mol. The minimum absolute atomic E-state index is 1.36. The molecule has 0 nitrogen and oxygen atoms in total. The summed E-state index contributed by atoms with van der Waals surface area (Å²) >= 11 is 1.67. The molecule has 9 heavy (non-hydrogen) atoms. The largest absolute Gasteiger partial charge is 0.105 e. The first-order chi connectivity index (χ1) is 4.41. The predicted octanol–water partition coefficient (Wildman–Crippen LogP) is 2.40. The van der Waals surface area contributed by atoms with Crippen LogP contribution < -0.4 is 0 Å². The van der Waals surface area contributed by atoms with Crippen LogP contribution in [0, 0.1) is 0 Å². The number of hydrogen-bond donors (Lipinski definition) is 0. The molecule has 0 amide bonds. The molecule has 0 saturated heterocycles. The zero-order valence-corrected chi connectivity index (χ0v) is 7.58. The molecule has 0 bridgehead atoms. The minimum Gasteiger partial charge on any atom is -0.0652 e. The van der Waals surface area contributed by atoms with Gasteiger partial charge in [0, 0.05) is 0 Å². The lowest BCUT2D eigenvalue weighted by Gasteiger charge is -1.88. The standard InChI is InChI=1S/C8H18S/c1-3-5-7-9-8-6-4-2/h3-8H2,1-2H3/p+1. The van der Waals surface area contributed by atoms with Crippen molar-refractivity contribution in [2.75, 3.05) is 11.5 Å². The van der Waals surface area contributed by atoms with Gasteiger partial charge in [0.25, 0.3) is 0 Å². The summed E-state index contributed by atoms with van der Waals surface area (Å²) in [6.45, 7) is 4.52. The summed E-state index contributed by atoms with van der Waals surface area (Å²) in [6.07, 6.45) is 5.56. The molecular formula is C8H19S+. The Morgan fingerprint density at radius 2 is 1.33 bits per heavy atom. The summed E-state index contributed by atoms with van der Waals surface area (Å²) in [5.41, 5.74) is 0. The van der Waals surface area contributed by atoms with Crippen LogP contribution in [0.2, 0.25) is 0 Å². The van der Waals surface area contributed by atoms with E-state index in [-0.39, 0.29) is 0 Å². The molecule has 0 heterocycles.